The first-order valence-electron chi connectivity index (χ1n) is 4.94. The van der Waals surface area contributed by atoms with Gasteiger partial charge in [0, 0.05) is 21.0 Å². The van der Waals surface area contributed by atoms with Gasteiger partial charge in [-0.2, -0.15) is 0 Å². The van der Waals surface area contributed by atoms with Crippen LogP contribution in [-0.2, 0) is 0 Å². The standard InChI is InChI=1S/C13H11ClOS/c1-8-7-10(14)3-4-11(8)13(15)12-5-6-16-9(12)2/h3-7H,1-2H3. The van der Waals surface area contributed by atoms with Crippen molar-refractivity contribution in [3.05, 3.63) is 56.2 Å². The maximum Gasteiger partial charge on any atom is 0.194 e. The van der Waals surface area contributed by atoms with Gasteiger partial charge in [-0.3, -0.25) is 4.79 Å². The molecule has 16 heavy (non-hydrogen) atoms. The molecule has 0 bridgehead atoms. The molecule has 0 atom stereocenters. The second-order valence-electron chi connectivity index (χ2n) is 3.68. The largest absolute Gasteiger partial charge is 0.289 e. The molecule has 1 nitrogen and oxygen atoms in total. The molecule has 0 unspecified atom stereocenters. The predicted octanol–water partition coefficient (Wildman–Crippen LogP) is 4.25. The van der Waals surface area contributed by atoms with Crippen LogP contribution in [-0.4, -0.2) is 5.78 Å². The first-order valence-corrected chi connectivity index (χ1v) is 6.20. The monoisotopic (exact) mass is 250 g/mol. The van der Waals surface area contributed by atoms with Gasteiger partial charge in [0.2, 0.25) is 0 Å². The number of rotatable bonds is 2. The lowest BCUT2D eigenvalue weighted by Crippen LogP contribution is -2.03. The van der Waals surface area contributed by atoms with Crippen molar-refractivity contribution in [2.45, 2.75) is 13.8 Å². The summed E-state index contributed by atoms with van der Waals surface area (Å²) in [6, 6.07) is 7.23. The number of aryl methyl sites for hydroxylation is 2. The van der Waals surface area contributed by atoms with Gasteiger partial charge in [0.25, 0.3) is 0 Å². The number of hydrogen-bond acceptors (Lipinski definition) is 2. The van der Waals surface area contributed by atoms with Crippen LogP contribution < -0.4 is 0 Å². The second-order valence-corrected chi connectivity index (χ2v) is 5.24. The topological polar surface area (TPSA) is 17.1 Å². The normalized spacial score (nSPS) is 10.4. The number of hydrogen-bond donors (Lipinski definition) is 0. The van der Waals surface area contributed by atoms with Gasteiger partial charge in [-0.15, -0.1) is 11.3 Å². The van der Waals surface area contributed by atoms with Crippen molar-refractivity contribution in [2.75, 3.05) is 0 Å². The van der Waals surface area contributed by atoms with Crippen LogP contribution in [0, 0.1) is 13.8 Å². The van der Waals surface area contributed by atoms with Gasteiger partial charge in [-0.1, -0.05) is 11.6 Å². The van der Waals surface area contributed by atoms with Crippen molar-refractivity contribution in [2.24, 2.45) is 0 Å². The Labute approximate surface area is 104 Å². The lowest BCUT2D eigenvalue weighted by molar-refractivity contribution is 0.103. The zero-order chi connectivity index (χ0) is 11.7. The molecule has 0 spiro atoms. The molecule has 0 fully saturated rings. The van der Waals surface area contributed by atoms with E-state index < -0.39 is 0 Å². The summed E-state index contributed by atoms with van der Waals surface area (Å²) in [6.07, 6.45) is 0. The predicted molar refractivity (Wildman–Crippen MR) is 68.7 cm³/mol. The fraction of sp³-hybridized carbons (Fsp3) is 0.154. The number of thiophene rings is 1. The third-order valence-electron chi connectivity index (χ3n) is 2.54. The third kappa shape index (κ3) is 2.04. The fourth-order valence-electron chi connectivity index (χ4n) is 1.65. The number of carbonyl (C=O) groups excluding carboxylic acids is 1. The van der Waals surface area contributed by atoms with Gasteiger partial charge in [0.15, 0.2) is 5.78 Å². The molecule has 0 aliphatic heterocycles. The zero-order valence-electron chi connectivity index (χ0n) is 9.08. The Morgan fingerprint density at radius 1 is 1.19 bits per heavy atom. The molecule has 2 rings (SSSR count). The van der Waals surface area contributed by atoms with Crippen LogP contribution in [0.15, 0.2) is 29.6 Å². The Morgan fingerprint density at radius 3 is 2.50 bits per heavy atom. The van der Waals surface area contributed by atoms with E-state index in [9.17, 15) is 4.79 Å². The van der Waals surface area contributed by atoms with Crippen LogP contribution >= 0.6 is 22.9 Å². The average molecular weight is 251 g/mol. The van der Waals surface area contributed by atoms with Crippen LogP contribution in [0.5, 0.6) is 0 Å². The van der Waals surface area contributed by atoms with Gasteiger partial charge >= 0.3 is 0 Å². The summed E-state index contributed by atoms with van der Waals surface area (Å²) in [5, 5.41) is 2.60. The van der Waals surface area contributed by atoms with E-state index in [-0.39, 0.29) is 5.78 Å². The van der Waals surface area contributed by atoms with Crippen molar-refractivity contribution in [1.29, 1.82) is 0 Å². The summed E-state index contributed by atoms with van der Waals surface area (Å²) >= 11 is 7.46. The van der Waals surface area contributed by atoms with E-state index in [1.54, 1.807) is 23.5 Å². The molecular formula is C13H11ClOS. The minimum atomic E-state index is 0.0768. The molecule has 1 aromatic heterocycles. The maximum atomic E-state index is 12.2. The van der Waals surface area contributed by atoms with Gasteiger partial charge in [0.1, 0.15) is 0 Å². The fourth-order valence-corrected chi connectivity index (χ4v) is 2.57. The molecule has 1 heterocycles. The number of ketones is 1. The zero-order valence-corrected chi connectivity index (χ0v) is 10.7. The van der Waals surface area contributed by atoms with Gasteiger partial charge in [-0.25, -0.2) is 0 Å². The number of carbonyl (C=O) groups is 1. The second kappa shape index (κ2) is 4.40. The van der Waals surface area contributed by atoms with Crippen molar-refractivity contribution in [3.8, 4) is 0 Å². The van der Waals surface area contributed by atoms with Gasteiger partial charge in [-0.05, 0) is 49.1 Å². The molecule has 0 amide bonds. The summed E-state index contributed by atoms with van der Waals surface area (Å²) in [5.41, 5.74) is 2.43. The van der Waals surface area contributed by atoms with E-state index in [0.717, 1.165) is 21.6 Å². The molecule has 0 N–H and O–H groups in total. The molecule has 0 saturated carbocycles. The molecule has 0 radical (unpaired) electrons. The quantitative estimate of drug-likeness (QED) is 0.729. The van der Waals surface area contributed by atoms with Crippen molar-refractivity contribution in [3.63, 3.8) is 0 Å². The third-order valence-corrected chi connectivity index (χ3v) is 3.62. The van der Waals surface area contributed by atoms with Crippen LogP contribution in [0.25, 0.3) is 0 Å². The van der Waals surface area contributed by atoms with E-state index in [1.165, 1.54) is 0 Å². The molecular weight excluding hydrogens is 240 g/mol. The summed E-state index contributed by atoms with van der Waals surface area (Å²) < 4.78 is 0. The van der Waals surface area contributed by atoms with Gasteiger partial charge < -0.3 is 0 Å². The molecule has 1 aromatic carbocycles. The molecule has 0 saturated heterocycles. The highest BCUT2D eigenvalue weighted by Crippen LogP contribution is 2.22. The average Bonchev–Trinajstić information content (AvgIpc) is 2.63. The highest BCUT2D eigenvalue weighted by molar-refractivity contribution is 7.10. The SMILES string of the molecule is Cc1cc(Cl)ccc1C(=O)c1ccsc1C. The molecule has 3 heteroatoms. The summed E-state index contributed by atoms with van der Waals surface area (Å²) in [7, 11) is 0. The number of benzene rings is 1. The first-order chi connectivity index (χ1) is 7.59. The maximum absolute atomic E-state index is 12.2. The molecule has 2 aromatic rings. The van der Waals surface area contributed by atoms with Crippen LogP contribution in [0.2, 0.25) is 5.02 Å². The first kappa shape index (κ1) is 11.4. The highest BCUT2D eigenvalue weighted by Gasteiger charge is 2.14. The Balaban J connectivity index is 2.46. The Kier molecular flexibility index (Phi) is 3.13. The minimum absolute atomic E-state index is 0.0768. The summed E-state index contributed by atoms with van der Waals surface area (Å²) in [5.74, 6) is 0.0768. The smallest absolute Gasteiger partial charge is 0.194 e. The van der Waals surface area contributed by atoms with E-state index in [0.29, 0.717) is 5.02 Å². The minimum Gasteiger partial charge on any atom is -0.289 e. The van der Waals surface area contributed by atoms with E-state index in [1.807, 2.05) is 31.4 Å². The Bertz CT molecular complexity index is 543. The van der Waals surface area contributed by atoms with Crippen molar-refractivity contribution >= 4 is 28.7 Å². The highest BCUT2D eigenvalue weighted by atomic mass is 35.5. The molecule has 82 valence electrons. The van der Waals surface area contributed by atoms with Crippen molar-refractivity contribution in [1.82, 2.24) is 0 Å². The van der Waals surface area contributed by atoms with E-state index >= 15 is 0 Å². The van der Waals surface area contributed by atoms with E-state index in [4.69, 9.17) is 11.6 Å². The van der Waals surface area contributed by atoms with Gasteiger partial charge in [0.05, 0.1) is 0 Å². The molecule has 0 aliphatic carbocycles. The lowest BCUT2D eigenvalue weighted by atomic mass is 10.00. The van der Waals surface area contributed by atoms with Crippen LogP contribution in [0.3, 0.4) is 0 Å². The molecule has 0 aliphatic rings. The van der Waals surface area contributed by atoms with Crippen LogP contribution in [0.1, 0.15) is 26.4 Å². The lowest BCUT2D eigenvalue weighted by Gasteiger charge is -2.04. The van der Waals surface area contributed by atoms with Crippen LogP contribution in [0.4, 0.5) is 0 Å². The van der Waals surface area contributed by atoms with E-state index in [2.05, 4.69) is 0 Å². The summed E-state index contributed by atoms with van der Waals surface area (Å²) in [4.78, 5) is 13.3. The Morgan fingerprint density at radius 2 is 1.94 bits per heavy atom. The Hall–Kier alpha value is -1.12. The van der Waals surface area contributed by atoms with Crippen molar-refractivity contribution < 1.29 is 4.79 Å². The summed E-state index contributed by atoms with van der Waals surface area (Å²) in [6.45, 7) is 3.87. The number of halogens is 1.